The zero-order chi connectivity index (χ0) is 10.0. The lowest BCUT2D eigenvalue weighted by molar-refractivity contribution is 0.506. The minimum atomic E-state index is -0.921. The van der Waals surface area contributed by atoms with Gasteiger partial charge in [-0.05, 0) is 18.6 Å². The summed E-state index contributed by atoms with van der Waals surface area (Å²) in [7, 11) is 1.49. The Bertz CT molecular complexity index is 326. The average Bonchev–Trinajstić information content (AvgIpc) is 2.13. The number of nitrogens with one attached hydrogen (secondary N) is 2. The molecule has 4 N–H and O–H groups in total. The quantitative estimate of drug-likeness (QED) is 0.487. The Hall–Kier alpha value is -1.36. The fourth-order valence-electron chi connectivity index (χ4n) is 1.11. The first kappa shape index (κ1) is 9.73. The monoisotopic (exact) mass is 187 g/mol. The van der Waals surface area contributed by atoms with E-state index < -0.39 is 11.6 Å². The van der Waals surface area contributed by atoms with Gasteiger partial charge in [0.05, 0.1) is 11.4 Å². The van der Waals surface area contributed by atoms with Gasteiger partial charge in [0.15, 0.2) is 11.6 Å². The molecule has 1 aromatic carbocycles. The van der Waals surface area contributed by atoms with Crippen molar-refractivity contribution in [3.63, 3.8) is 0 Å². The smallest absolute Gasteiger partial charge is 0.184 e. The number of anilines is 2. The molecule has 1 aromatic rings. The fourth-order valence-corrected chi connectivity index (χ4v) is 1.11. The zero-order valence-electron chi connectivity index (χ0n) is 7.41. The van der Waals surface area contributed by atoms with Gasteiger partial charge in [0.1, 0.15) is 0 Å². The number of rotatable bonds is 2. The predicted molar refractivity (Wildman–Crippen MR) is 48.5 cm³/mol. The predicted octanol–water partition coefficient (Wildman–Crippen LogP) is 1.60. The maximum absolute atomic E-state index is 13.2. The van der Waals surface area contributed by atoms with Crippen molar-refractivity contribution in [1.82, 2.24) is 0 Å². The number of benzene rings is 1. The third-order valence-electron chi connectivity index (χ3n) is 1.79. The van der Waals surface area contributed by atoms with Crippen molar-refractivity contribution in [1.29, 1.82) is 0 Å². The summed E-state index contributed by atoms with van der Waals surface area (Å²) in [5, 5.41) is 2.53. The average molecular weight is 187 g/mol. The second-order valence-corrected chi connectivity index (χ2v) is 2.64. The van der Waals surface area contributed by atoms with Crippen LogP contribution < -0.4 is 16.6 Å². The normalized spacial score (nSPS) is 9.92. The van der Waals surface area contributed by atoms with Crippen molar-refractivity contribution in [3.8, 4) is 0 Å². The largest absolute Gasteiger partial charge is 0.384 e. The van der Waals surface area contributed by atoms with Gasteiger partial charge in [0, 0.05) is 7.05 Å². The van der Waals surface area contributed by atoms with E-state index in [9.17, 15) is 8.78 Å². The summed E-state index contributed by atoms with van der Waals surface area (Å²) in [6.07, 6.45) is 0. The number of hydrogen-bond acceptors (Lipinski definition) is 3. The summed E-state index contributed by atoms with van der Waals surface area (Å²) in [6, 6.07) is 1.43. The van der Waals surface area contributed by atoms with Crippen molar-refractivity contribution >= 4 is 11.4 Å². The summed E-state index contributed by atoms with van der Waals surface area (Å²) in [6.45, 7) is 1.47. The van der Waals surface area contributed by atoms with E-state index in [4.69, 9.17) is 5.84 Å². The van der Waals surface area contributed by atoms with Crippen LogP contribution in [0.25, 0.3) is 0 Å². The van der Waals surface area contributed by atoms with Gasteiger partial charge >= 0.3 is 0 Å². The number of nitrogens with two attached hydrogens (primary N) is 1. The first-order valence-corrected chi connectivity index (χ1v) is 3.74. The Balaban J connectivity index is 3.39. The van der Waals surface area contributed by atoms with Crippen molar-refractivity contribution < 1.29 is 8.78 Å². The van der Waals surface area contributed by atoms with E-state index in [0.717, 1.165) is 0 Å². The Morgan fingerprint density at radius 1 is 1.31 bits per heavy atom. The molecule has 5 heteroatoms. The SMILES string of the molecule is CNc1c(NN)cc(C)c(F)c1F. The van der Waals surface area contributed by atoms with Gasteiger partial charge in [0.2, 0.25) is 0 Å². The molecule has 0 aromatic heterocycles. The number of aryl methyl sites for hydroxylation is 1. The van der Waals surface area contributed by atoms with Crippen molar-refractivity contribution in [2.45, 2.75) is 6.92 Å². The van der Waals surface area contributed by atoms with Crippen molar-refractivity contribution in [2.24, 2.45) is 5.84 Å². The van der Waals surface area contributed by atoms with Gasteiger partial charge in [-0.2, -0.15) is 0 Å². The van der Waals surface area contributed by atoms with Crippen LogP contribution in [-0.2, 0) is 0 Å². The lowest BCUT2D eigenvalue weighted by atomic mass is 10.1. The van der Waals surface area contributed by atoms with Gasteiger partial charge in [-0.3, -0.25) is 5.84 Å². The Labute approximate surface area is 74.9 Å². The molecular weight excluding hydrogens is 176 g/mol. The number of hydrogen-bond donors (Lipinski definition) is 3. The first-order valence-electron chi connectivity index (χ1n) is 3.74. The second kappa shape index (κ2) is 3.57. The highest BCUT2D eigenvalue weighted by molar-refractivity contribution is 5.70. The number of hydrazine groups is 1. The number of nitrogen functional groups attached to an aromatic ring is 1. The standard InChI is InChI=1S/C8H11F2N3/c1-4-3-5(13-11)8(12-2)7(10)6(4)9/h3,12-13H,11H2,1-2H3. The van der Waals surface area contributed by atoms with Gasteiger partial charge < -0.3 is 10.7 Å². The van der Waals surface area contributed by atoms with Crippen LogP contribution in [0.15, 0.2) is 6.07 Å². The molecule has 0 fully saturated rings. The molecule has 0 spiro atoms. The van der Waals surface area contributed by atoms with E-state index in [1.54, 1.807) is 0 Å². The maximum Gasteiger partial charge on any atom is 0.184 e. The molecule has 0 bridgehead atoms. The Morgan fingerprint density at radius 2 is 1.92 bits per heavy atom. The summed E-state index contributed by atoms with van der Waals surface area (Å²) >= 11 is 0. The second-order valence-electron chi connectivity index (χ2n) is 2.64. The summed E-state index contributed by atoms with van der Waals surface area (Å²) in [5.74, 6) is 3.36. The zero-order valence-corrected chi connectivity index (χ0v) is 7.41. The lowest BCUT2D eigenvalue weighted by Crippen LogP contribution is -2.11. The molecule has 3 nitrogen and oxygen atoms in total. The van der Waals surface area contributed by atoms with Crippen LogP contribution in [0.3, 0.4) is 0 Å². The molecule has 0 saturated carbocycles. The van der Waals surface area contributed by atoms with Crippen LogP contribution in [0.2, 0.25) is 0 Å². The van der Waals surface area contributed by atoms with Crippen LogP contribution in [0, 0.1) is 18.6 Å². The van der Waals surface area contributed by atoms with Gasteiger partial charge in [-0.25, -0.2) is 8.78 Å². The topological polar surface area (TPSA) is 50.1 Å². The summed E-state index contributed by atoms with van der Waals surface area (Å²) in [4.78, 5) is 0. The van der Waals surface area contributed by atoms with E-state index in [2.05, 4.69) is 10.7 Å². The van der Waals surface area contributed by atoms with Crippen LogP contribution >= 0.6 is 0 Å². The van der Waals surface area contributed by atoms with Crippen LogP contribution in [0.5, 0.6) is 0 Å². The minimum absolute atomic E-state index is 0.0330. The van der Waals surface area contributed by atoms with Crippen LogP contribution in [-0.4, -0.2) is 7.05 Å². The molecule has 0 heterocycles. The molecule has 0 aliphatic heterocycles. The van der Waals surface area contributed by atoms with Gasteiger partial charge in [-0.15, -0.1) is 0 Å². The van der Waals surface area contributed by atoms with E-state index in [1.807, 2.05) is 0 Å². The van der Waals surface area contributed by atoms with Crippen LogP contribution in [0.4, 0.5) is 20.2 Å². The molecule has 0 unspecified atom stereocenters. The van der Waals surface area contributed by atoms with E-state index >= 15 is 0 Å². The van der Waals surface area contributed by atoms with Crippen LogP contribution in [0.1, 0.15) is 5.56 Å². The Kier molecular flexibility index (Phi) is 2.67. The molecule has 0 amide bonds. The van der Waals surface area contributed by atoms with Crippen molar-refractivity contribution in [3.05, 3.63) is 23.3 Å². The van der Waals surface area contributed by atoms with Gasteiger partial charge in [0.25, 0.3) is 0 Å². The molecule has 0 radical (unpaired) electrons. The lowest BCUT2D eigenvalue weighted by Gasteiger charge is -2.11. The van der Waals surface area contributed by atoms with E-state index in [1.165, 1.54) is 20.0 Å². The maximum atomic E-state index is 13.2. The van der Waals surface area contributed by atoms with E-state index in [0.29, 0.717) is 5.69 Å². The molecular formula is C8H11F2N3. The molecule has 72 valence electrons. The molecule has 0 aliphatic carbocycles. The third kappa shape index (κ3) is 1.55. The minimum Gasteiger partial charge on any atom is -0.384 e. The third-order valence-corrected chi connectivity index (χ3v) is 1.79. The molecule has 0 aliphatic rings. The summed E-state index contributed by atoms with van der Waals surface area (Å²) < 4.78 is 26.2. The summed E-state index contributed by atoms with van der Waals surface area (Å²) in [5.41, 5.74) is 2.86. The van der Waals surface area contributed by atoms with E-state index in [-0.39, 0.29) is 11.3 Å². The van der Waals surface area contributed by atoms with Gasteiger partial charge in [-0.1, -0.05) is 0 Å². The highest BCUT2D eigenvalue weighted by Crippen LogP contribution is 2.28. The Morgan fingerprint density at radius 3 is 2.38 bits per heavy atom. The number of halogens is 2. The highest BCUT2D eigenvalue weighted by atomic mass is 19.2. The first-order chi connectivity index (χ1) is 6.11. The molecule has 0 saturated heterocycles. The fraction of sp³-hybridized carbons (Fsp3) is 0.250. The van der Waals surface area contributed by atoms with Crippen molar-refractivity contribution in [2.75, 3.05) is 17.8 Å². The highest BCUT2D eigenvalue weighted by Gasteiger charge is 2.14. The molecule has 0 atom stereocenters. The molecule has 13 heavy (non-hydrogen) atoms. The molecule has 1 rings (SSSR count).